The standard InChI is InChI=1S/C14H23NO3/c1-18-14(17)12-8-9-15(10-12)13(16)11-6-4-2-3-5-7-11/h11-12H,2-10H2,1H3. The van der Waals surface area contributed by atoms with Gasteiger partial charge in [0.25, 0.3) is 0 Å². The molecule has 2 aliphatic rings. The molecule has 1 saturated heterocycles. The fourth-order valence-corrected chi connectivity index (χ4v) is 3.10. The van der Waals surface area contributed by atoms with Gasteiger partial charge in [-0.05, 0) is 19.3 Å². The first kappa shape index (κ1) is 13.4. The minimum absolute atomic E-state index is 0.107. The lowest BCUT2D eigenvalue weighted by atomic mass is 9.99. The minimum Gasteiger partial charge on any atom is -0.469 e. The molecule has 18 heavy (non-hydrogen) atoms. The second kappa shape index (κ2) is 6.21. The highest BCUT2D eigenvalue weighted by Gasteiger charge is 2.34. The van der Waals surface area contributed by atoms with Gasteiger partial charge >= 0.3 is 5.97 Å². The summed E-state index contributed by atoms with van der Waals surface area (Å²) in [7, 11) is 1.41. The molecule has 102 valence electrons. The van der Waals surface area contributed by atoms with Gasteiger partial charge in [-0.15, -0.1) is 0 Å². The SMILES string of the molecule is COC(=O)C1CCN(C(=O)C2CCCCCC2)C1. The van der Waals surface area contributed by atoms with Crippen molar-refractivity contribution in [1.82, 2.24) is 4.90 Å². The van der Waals surface area contributed by atoms with Crippen molar-refractivity contribution in [2.24, 2.45) is 11.8 Å². The highest BCUT2D eigenvalue weighted by atomic mass is 16.5. The zero-order valence-electron chi connectivity index (χ0n) is 11.2. The molecule has 1 saturated carbocycles. The van der Waals surface area contributed by atoms with Crippen molar-refractivity contribution in [3.8, 4) is 0 Å². The molecule has 1 unspecified atom stereocenters. The van der Waals surface area contributed by atoms with Crippen molar-refractivity contribution in [1.29, 1.82) is 0 Å². The van der Waals surface area contributed by atoms with E-state index in [0.29, 0.717) is 6.54 Å². The molecule has 1 amide bonds. The van der Waals surface area contributed by atoms with E-state index in [1.807, 2.05) is 4.90 Å². The minimum atomic E-state index is -0.175. The van der Waals surface area contributed by atoms with Gasteiger partial charge in [0, 0.05) is 19.0 Å². The molecule has 0 aromatic heterocycles. The Morgan fingerprint density at radius 1 is 1.00 bits per heavy atom. The number of ether oxygens (including phenoxy) is 1. The second-order valence-corrected chi connectivity index (χ2v) is 5.48. The van der Waals surface area contributed by atoms with Crippen LogP contribution in [0.1, 0.15) is 44.9 Å². The fraction of sp³-hybridized carbons (Fsp3) is 0.857. The summed E-state index contributed by atoms with van der Waals surface area (Å²) < 4.78 is 4.75. The van der Waals surface area contributed by atoms with Crippen molar-refractivity contribution >= 4 is 11.9 Å². The molecule has 0 radical (unpaired) electrons. The summed E-state index contributed by atoms with van der Waals surface area (Å²) in [6.45, 7) is 1.27. The topological polar surface area (TPSA) is 46.6 Å². The number of methoxy groups -OCH3 is 1. The molecule has 0 bridgehead atoms. The number of carbonyl (C=O) groups excluding carboxylic acids is 2. The number of rotatable bonds is 2. The van der Waals surface area contributed by atoms with Crippen LogP contribution in [0, 0.1) is 11.8 Å². The van der Waals surface area contributed by atoms with E-state index >= 15 is 0 Å². The summed E-state index contributed by atoms with van der Waals surface area (Å²) in [5.41, 5.74) is 0. The zero-order chi connectivity index (χ0) is 13.0. The van der Waals surface area contributed by atoms with E-state index in [1.54, 1.807) is 0 Å². The number of esters is 1. The molecule has 1 heterocycles. The molecule has 2 rings (SSSR count). The molecule has 0 spiro atoms. The smallest absolute Gasteiger partial charge is 0.310 e. The first-order valence-electron chi connectivity index (χ1n) is 7.09. The maximum absolute atomic E-state index is 12.4. The first-order chi connectivity index (χ1) is 8.72. The average molecular weight is 253 g/mol. The van der Waals surface area contributed by atoms with Crippen LogP contribution < -0.4 is 0 Å². The van der Waals surface area contributed by atoms with Gasteiger partial charge in [-0.25, -0.2) is 0 Å². The third-order valence-electron chi connectivity index (χ3n) is 4.24. The van der Waals surface area contributed by atoms with Gasteiger partial charge in [0.15, 0.2) is 0 Å². The Balaban J connectivity index is 1.88. The number of hydrogen-bond acceptors (Lipinski definition) is 3. The highest BCUT2D eigenvalue weighted by Crippen LogP contribution is 2.27. The summed E-state index contributed by atoms with van der Waals surface area (Å²) in [4.78, 5) is 25.7. The molecule has 1 atom stereocenters. The van der Waals surface area contributed by atoms with Gasteiger partial charge in [-0.1, -0.05) is 25.7 Å². The molecule has 4 nitrogen and oxygen atoms in total. The van der Waals surface area contributed by atoms with Crippen LogP contribution in [0.3, 0.4) is 0 Å². The number of amides is 1. The summed E-state index contributed by atoms with van der Waals surface area (Å²) in [6.07, 6.45) is 7.67. The summed E-state index contributed by atoms with van der Waals surface area (Å²) >= 11 is 0. The molecular weight excluding hydrogens is 230 g/mol. The first-order valence-corrected chi connectivity index (χ1v) is 7.09. The average Bonchev–Trinajstić information content (AvgIpc) is 2.72. The third kappa shape index (κ3) is 3.03. The van der Waals surface area contributed by atoms with Gasteiger partial charge in [0.1, 0.15) is 0 Å². The van der Waals surface area contributed by atoms with Crippen LogP contribution in [0.15, 0.2) is 0 Å². The quantitative estimate of drug-likeness (QED) is 0.558. The van der Waals surface area contributed by atoms with E-state index in [1.165, 1.54) is 32.8 Å². The molecule has 0 N–H and O–H groups in total. The normalized spacial score (nSPS) is 25.8. The van der Waals surface area contributed by atoms with Crippen molar-refractivity contribution in [3.63, 3.8) is 0 Å². The van der Waals surface area contributed by atoms with Crippen LogP contribution in [0.5, 0.6) is 0 Å². The summed E-state index contributed by atoms with van der Waals surface area (Å²) in [6, 6.07) is 0. The van der Waals surface area contributed by atoms with Crippen molar-refractivity contribution in [2.75, 3.05) is 20.2 Å². The number of hydrogen-bond donors (Lipinski definition) is 0. The van der Waals surface area contributed by atoms with Gasteiger partial charge in [-0.3, -0.25) is 9.59 Å². The fourth-order valence-electron chi connectivity index (χ4n) is 3.10. The second-order valence-electron chi connectivity index (χ2n) is 5.48. The Morgan fingerprint density at radius 3 is 2.28 bits per heavy atom. The van der Waals surface area contributed by atoms with Gasteiger partial charge in [0.05, 0.1) is 13.0 Å². The van der Waals surface area contributed by atoms with Crippen molar-refractivity contribution < 1.29 is 14.3 Å². The summed E-state index contributed by atoms with van der Waals surface area (Å²) in [5, 5.41) is 0. The predicted molar refractivity (Wildman–Crippen MR) is 67.9 cm³/mol. The largest absolute Gasteiger partial charge is 0.469 e. The lowest BCUT2D eigenvalue weighted by molar-refractivity contribution is -0.145. The van der Waals surface area contributed by atoms with E-state index in [-0.39, 0.29) is 23.7 Å². The van der Waals surface area contributed by atoms with Gasteiger partial charge < -0.3 is 9.64 Å². The lowest BCUT2D eigenvalue weighted by Crippen LogP contribution is -2.35. The lowest BCUT2D eigenvalue weighted by Gasteiger charge is -2.22. The van der Waals surface area contributed by atoms with Crippen molar-refractivity contribution in [3.05, 3.63) is 0 Å². The van der Waals surface area contributed by atoms with Gasteiger partial charge in [0.2, 0.25) is 5.91 Å². The molecule has 0 aromatic carbocycles. The summed E-state index contributed by atoms with van der Waals surface area (Å²) in [5.74, 6) is 0.183. The van der Waals surface area contributed by atoms with Crippen LogP contribution in [0.25, 0.3) is 0 Å². The zero-order valence-corrected chi connectivity index (χ0v) is 11.2. The number of carbonyl (C=O) groups is 2. The van der Waals surface area contributed by atoms with Crippen LogP contribution >= 0.6 is 0 Å². The molecule has 1 aliphatic carbocycles. The Morgan fingerprint density at radius 2 is 1.67 bits per heavy atom. The van der Waals surface area contributed by atoms with Crippen LogP contribution in [0.4, 0.5) is 0 Å². The maximum Gasteiger partial charge on any atom is 0.310 e. The molecule has 2 fully saturated rings. The number of nitrogens with zero attached hydrogens (tertiary/aromatic N) is 1. The molecule has 1 aliphatic heterocycles. The van der Waals surface area contributed by atoms with E-state index in [4.69, 9.17) is 4.74 Å². The van der Waals surface area contributed by atoms with Crippen LogP contribution in [0.2, 0.25) is 0 Å². The van der Waals surface area contributed by atoms with Crippen LogP contribution in [-0.4, -0.2) is 37.0 Å². The number of likely N-dealkylation sites (tertiary alicyclic amines) is 1. The monoisotopic (exact) mass is 253 g/mol. The van der Waals surface area contributed by atoms with E-state index in [9.17, 15) is 9.59 Å². The predicted octanol–water partition coefficient (Wildman–Crippen LogP) is 1.98. The Hall–Kier alpha value is -1.06. The Kier molecular flexibility index (Phi) is 4.61. The van der Waals surface area contributed by atoms with Gasteiger partial charge in [-0.2, -0.15) is 0 Å². The van der Waals surface area contributed by atoms with E-state index in [0.717, 1.165) is 25.8 Å². The van der Waals surface area contributed by atoms with E-state index < -0.39 is 0 Å². The molecule has 4 heteroatoms. The Bertz CT molecular complexity index is 308. The molecular formula is C14H23NO3. The highest BCUT2D eigenvalue weighted by molar-refractivity contribution is 5.81. The van der Waals surface area contributed by atoms with Crippen molar-refractivity contribution in [2.45, 2.75) is 44.9 Å². The van der Waals surface area contributed by atoms with E-state index in [2.05, 4.69) is 0 Å². The third-order valence-corrected chi connectivity index (χ3v) is 4.24. The Labute approximate surface area is 109 Å². The van der Waals surface area contributed by atoms with Crippen LogP contribution in [-0.2, 0) is 14.3 Å². The maximum atomic E-state index is 12.4. The molecule has 0 aromatic rings.